The topological polar surface area (TPSA) is 23.5 Å². The predicted molar refractivity (Wildman–Crippen MR) is 83.2 cm³/mol. The van der Waals surface area contributed by atoms with Gasteiger partial charge in [-0.1, -0.05) is 33.3 Å². The number of hydrogen-bond acceptors (Lipinski definition) is 2. The Hall–Kier alpha value is -1.02. The zero-order valence-corrected chi connectivity index (χ0v) is 13.0. The fourth-order valence-corrected chi connectivity index (χ4v) is 4.33. The van der Waals surface area contributed by atoms with Crippen LogP contribution in [0.15, 0.2) is 18.2 Å². The molecule has 0 saturated carbocycles. The molecule has 3 rings (SSSR count). The van der Waals surface area contributed by atoms with Crippen molar-refractivity contribution in [2.45, 2.75) is 57.9 Å². The van der Waals surface area contributed by atoms with Crippen LogP contribution in [0.2, 0.25) is 0 Å². The molecule has 0 unspecified atom stereocenters. The maximum Gasteiger partial charge on any atom is 0.115 e. The van der Waals surface area contributed by atoms with Gasteiger partial charge >= 0.3 is 0 Å². The number of unbranched alkanes of at least 4 members (excludes halogenated alkanes) is 1. The molecule has 20 heavy (non-hydrogen) atoms. The number of phenolic OH excluding ortho intramolecular Hbond substituents is 1. The molecular weight excluding hydrogens is 246 g/mol. The largest absolute Gasteiger partial charge is 0.508 e. The zero-order valence-electron chi connectivity index (χ0n) is 13.0. The number of nitrogens with zero attached hydrogens (tertiary/aromatic N) is 1. The molecule has 2 heteroatoms. The summed E-state index contributed by atoms with van der Waals surface area (Å²) in [5.74, 6) is 1.09. The van der Waals surface area contributed by atoms with Crippen molar-refractivity contribution in [2.24, 2.45) is 5.92 Å². The Morgan fingerprint density at radius 3 is 2.95 bits per heavy atom. The minimum atomic E-state index is 0.236. The first kappa shape index (κ1) is 13.9. The van der Waals surface area contributed by atoms with Gasteiger partial charge in [0, 0.05) is 6.04 Å². The first-order valence-corrected chi connectivity index (χ1v) is 8.12. The van der Waals surface area contributed by atoms with Gasteiger partial charge in [-0.05, 0) is 66.9 Å². The Labute approximate surface area is 122 Å². The van der Waals surface area contributed by atoms with Gasteiger partial charge in [0.05, 0.1) is 0 Å². The van der Waals surface area contributed by atoms with E-state index in [0.717, 1.165) is 6.42 Å². The highest BCUT2D eigenvalue weighted by molar-refractivity contribution is 5.44. The van der Waals surface area contributed by atoms with Gasteiger partial charge in [0.15, 0.2) is 0 Å². The van der Waals surface area contributed by atoms with Crippen LogP contribution >= 0.6 is 0 Å². The van der Waals surface area contributed by atoms with Crippen molar-refractivity contribution >= 4 is 0 Å². The van der Waals surface area contributed by atoms with Crippen LogP contribution in [0.1, 0.15) is 51.2 Å². The van der Waals surface area contributed by atoms with Gasteiger partial charge in [0.2, 0.25) is 0 Å². The average molecular weight is 273 g/mol. The molecule has 0 amide bonds. The Kier molecular flexibility index (Phi) is 3.53. The van der Waals surface area contributed by atoms with E-state index in [2.05, 4.69) is 31.7 Å². The molecule has 2 bridgehead atoms. The smallest absolute Gasteiger partial charge is 0.115 e. The van der Waals surface area contributed by atoms with E-state index in [0.29, 0.717) is 17.7 Å². The molecule has 1 saturated heterocycles. The molecule has 110 valence electrons. The second-order valence-electron chi connectivity index (χ2n) is 6.96. The van der Waals surface area contributed by atoms with Crippen molar-refractivity contribution in [3.8, 4) is 5.75 Å². The van der Waals surface area contributed by atoms with Gasteiger partial charge in [0.1, 0.15) is 5.75 Å². The van der Waals surface area contributed by atoms with E-state index in [9.17, 15) is 5.11 Å². The van der Waals surface area contributed by atoms with Crippen LogP contribution in [-0.2, 0) is 11.8 Å². The van der Waals surface area contributed by atoms with Crippen LogP contribution in [-0.4, -0.2) is 29.1 Å². The highest BCUT2D eigenvalue weighted by atomic mass is 16.3. The van der Waals surface area contributed by atoms with Crippen LogP contribution in [0.5, 0.6) is 5.75 Å². The maximum atomic E-state index is 9.84. The Morgan fingerprint density at radius 2 is 2.20 bits per heavy atom. The highest BCUT2D eigenvalue weighted by Crippen LogP contribution is 2.49. The Balaban J connectivity index is 1.95. The van der Waals surface area contributed by atoms with E-state index in [1.807, 2.05) is 12.1 Å². The summed E-state index contributed by atoms with van der Waals surface area (Å²) in [5.41, 5.74) is 3.09. The van der Waals surface area contributed by atoms with Crippen LogP contribution in [0.25, 0.3) is 0 Å². The van der Waals surface area contributed by atoms with Crippen LogP contribution in [0.4, 0.5) is 0 Å². The van der Waals surface area contributed by atoms with E-state index in [1.54, 1.807) is 0 Å². The minimum absolute atomic E-state index is 0.236. The Bertz CT molecular complexity index is 498. The van der Waals surface area contributed by atoms with Gasteiger partial charge in [-0.25, -0.2) is 0 Å². The van der Waals surface area contributed by atoms with Crippen molar-refractivity contribution in [2.75, 3.05) is 13.1 Å². The van der Waals surface area contributed by atoms with E-state index in [-0.39, 0.29) is 5.41 Å². The fourth-order valence-electron chi connectivity index (χ4n) is 4.33. The van der Waals surface area contributed by atoms with Crippen molar-refractivity contribution in [3.05, 3.63) is 29.3 Å². The molecule has 0 radical (unpaired) electrons. The highest BCUT2D eigenvalue weighted by Gasteiger charge is 2.48. The predicted octanol–water partition coefficient (Wildman–Crippen LogP) is 3.72. The van der Waals surface area contributed by atoms with Gasteiger partial charge in [-0.2, -0.15) is 0 Å². The number of phenols is 1. The zero-order chi connectivity index (χ0) is 14.3. The maximum absolute atomic E-state index is 9.84. The van der Waals surface area contributed by atoms with E-state index >= 15 is 0 Å². The molecular formula is C18H27NO. The number of fused-ring (bicyclic) bond motifs is 4. The Morgan fingerprint density at radius 1 is 1.40 bits per heavy atom. The van der Waals surface area contributed by atoms with Gasteiger partial charge in [-0.3, -0.25) is 4.90 Å². The molecule has 0 aromatic heterocycles. The second-order valence-corrected chi connectivity index (χ2v) is 6.96. The monoisotopic (exact) mass is 273 g/mol. The van der Waals surface area contributed by atoms with Crippen molar-refractivity contribution in [1.29, 1.82) is 0 Å². The number of likely N-dealkylation sites (tertiary alicyclic amines) is 1. The van der Waals surface area contributed by atoms with Crippen LogP contribution in [0, 0.1) is 5.92 Å². The van der Waals surface area contributed by atoms with Gasteiger partial charge < -0.3 is 5.11 Å². The lowest BCUT2D eigenvalue weighted by atomic mass is 9.59. The summed E-state index contributed by atoms with van der Waals surface area (Å²) >= 11 is 0. The van der Waals surface area contributed by atoms with E-state index < -0.39 is 0 Å². The summed E-state index contributed by atoms with van der Waals surface area (Å²) in [7, 11) is 0. The summed E-state index contributed by atoms with van der Waals surface area (Å²) in [6, 6.07) is 6.69. The summed E-state index contributed by atoms with van der Waals surface area (Å²) in [5, 5.41) is 9.84. The first-order valence-electron chi connectivity index (χ1n) is 8.12. The van der Waals surface area contributed by atoms with Gasteiger partial charge in [0.25, 0.3) is 0 Å². The number of hydrogen-bond donors (Lipinski definition) is 1. The molecule has 1 aliphatic carbocycles. The van der Waals surface area contributed by atoms with Gasteiger partial charge in [-0.15, -0.1) is 0 Å². The average Bonchev–Trinajstić information content (AvgIpc) is 2.43. The molecule has 1 aromatic rings. The third kappa shape index (κ3) is 2.05. The second kappa shape index (κ2) is 5.07. The lowest BCUT2D eigenvalue weighted by molar-refractivity contribution is 0.0306. The molecule has 1 heterocycles. The molecule has 1 fully saturated rings. The summed E-state index contributed by atoms with van der Waals surface area (Å²) in [4.78, 5) is 2.71. The van der Waals surface area contributed by atoms with Crippen molar-refractivity contribution < 1.29 is 5.11 Å². The standard InChI is InChI=1S/C18H27NO/c1-4-5-9-19-10-8-18(3)13(2)17(19)11-14-6-7-15(20)12-16(14)18/h6-7,12-13,17,20H,4-5,8-11H2,1-3H3/t13-,17+,18+/m1/s1. The number of rotatable bonds is 3. The number of piperidine rings is 1. The number of benzene rings is 1. The molecule has 2 aliphatic rings. The molecule has 1 N–H and O–H groups in total. The third-order valence-electron chi connectivity index (χ3n) is 5.91. The quantitative estimate of drug-likeness (QED) is 0.907. The summed E-state index contributed by atoms with van der Waals surface area (Å²) in [6.07, 6.45) is 4.95. The normalized spacial score (nSPS) is 33.0. The van der Waals surface area contributed by atoms with E-state index in [1.165, 1.54) is 43.5 Å². The van der Waals surface area contributed by atoms with Crippen molar-refractivity contribution in [3.63, 3.8) is 0 Å². The molecule has 0 spiro atoms. The molecule has 1 aliphatic heterocycles. The lowest BCUT2D eigenvalue weighted by Gasteiger charge is -2.54. The van der Waals surface area contributed by atoms with Crippen molar-refractivity contribution in [1.82, 2.24) is 4.90 Å². The van der Waals surface area contributed by atoms with Crippen LogP contribution < -0.4 is 0 Å². The number of aromatic hydroxyl groups is 1. The molecule has 1 aromatic carbocycles. The third-order valence-corrected chi connectivity index (χ3v) is 5.91. The summed E-state index contributed by atoms with van der Waals surface area (Å²) < 4.78 is 0. The minimum Gasteiger partial charge on any atom is -0.508 e. The summed E-state index contributed by atoms with van der Waals surface area (Å²) in [6.45, 7) is 9.54. The first-order chi connectivity index (χ1) is 9.56. The fraction of sp³-hybridized carbons (Fsp3) is 0.667. The molecule has 3 atom stereocenters. The SMILES string of the molecule is CCCCN1CC[C@]2(C)c3cc(O)ccc3C[C@H]1[C@H]2C. The lowest BCUT2D eigenvalue weighted by Crippen LogP contribution is -2.58. The molecule has 2 nitrogen and oxygen atoms in total. The van der Waals surface area contributed by atoms with Crippen LogP contribution in [0.3, 0.4) is 0 Å². The van der Waals surface area contributed by atoms with E-state index in [4.69, 9.17) is 0 Å².